The Bertz CT molecular complexity index is 929. The third-order valence-corrected chi connectivity index (χ3v) is 5.84. The summed E-state index contributed by atoms with van der Waals surface area (Å²) in [5, 5.41) is 12.5. The summed E-state index contributed by atoms with van der Waals surface area (Å²) >= 11 is 14.9. The van der Waals surface area contributed by atoms with E-state index in [9.17, 15) is 4.79 Å². The average molecular weight is 422 g/mol. The smallest absolute Gasteiger partial charge is 0.250 e. The van der Waals surface area contributed by atoms with E-state index in [0.717, 1.165) is 15.5 Å². The number of nitrogens with zero attached hydrogens (tertiary/aromatic N) is 2. The normalized spacial score (nSPS) is 11.0. The van der Waals surface area contributed by atoms with Gasteiger partial charge in [0.2, 0.25) is 11.0 Å². The molecule has 1 amide bonds. The number of amides is 1. The topological polar surface area (TPSA) is 54.9 Å². The monoisotopic (exact) mass is 421 g/mol. The number of thioether (sulfide) groups is 1. The molecule has 0 saturated carbocycles. The van der Waals surface area contributed by atoms with E-state index >= 15 is 0 Å². The van der Waals surface area contributed by atoms with Crippen molar-refractivity contribution in [3.05, 3.63) is 75.8 Å². The largest absolute Gasteiger partial charge is 0.297 e. The van der Waals surface area contributed by atoms with Crippen molar-refractivity contribution < 1.29 is 4.79 Å². The van der Waals surface area contributed by atoms with Crippen LogP contribution in [-0.2, 0) is 10.5 Å². The van der Waals surface area contributed by atoms with Crippen LogP contribution in [0, 0.1) is 0 Å². The van der Waals surface area contributed by atoms with Gasteiger partial charge < -0.3 is 0 Å². The first kappa shape index (κ1) is 18.9. The summed E-state index contributed by atoms with van der Waals surface area (Å²) in [5.74, 6) is 0.397. The Morgan fingerprint density at radius 3 is 2.73 bits per heavy atom. The lowest BCUT2D eigenvalue weighted by Gasteiger charge is -2.02. The van der Waals surface area contributed by atoms with E-state index in [-0.39, 0.29) is 5.91 Å². The van der Waals surface area contributed by atoms with E-state index in [2.05, 4.69) is 15.5 Å². The van der Waals surface area contributed by atoms with Crippen molar-refractivity contribution in [1.29, 1.82) is 0 Å². The van der Waals surface area contributed by atoms with Gasteiger partial charge in [0.1, 0.15) is 0 Å². The van der Waals surface area contributed by atoms with Gasteiger partial charge in [0.05, 0.1) is 0 Å². The first-order valence-electron chi connectivity index (χ1n) is 7.54. The van der Waals surface area contributed by atoms with Crippen LogP contribution in [0.1, 0.15) is 11.1 Å². The van der Waals surface area contributed by atoms with E-state index in [0.29, 0.717) is 20.9 Å². The number of halogens is 2. The van der Waals surface area contributed by atoms with Crippen molar-refractivity contribution in [2.45, 2.75) is 10.1 Å². The molecule has 0 aliphatic carbocycles. The number of benzene rings is 2. The number of nitrogens with one attached hydrogen (secondary N) is 1. The second-order valence-corrected chi connectivity index (χ2v) is 8.17. The van der Waals surface area contributed by atoms with Gasteiger partial charge >= 0.3 is 0 Å². The maximum absolute atomic E-state index is 12.0. The molecule has 0 aliphatic rings. The number of anilines is 1. The molecule has 8 heteroatoms. The number of rotatable bonds is 6. The van der Waals surface area contributed by atoms with Gasteiger partial charge in [-0.05, 0) is 29.3 Å². The van der Waals surface area contributed by atoms with E-state index in [1.807, 2.05) is 36.4 Å². The third-order valence-electron chi connectivity index (χ3n) is 3.23. The first-order chi connectivity index (χ1) is 12.6. The van der Waals surface area contributed by atoms with Gasteiger partial charge in [-0.1, -0.05) is 82.7 Å². The Hall–Kier alpha value is -1.86. The Balaban J connectivity index is 1.54. The first-order valence-corrected chi connectivity index (χ1v) is 10.1. The number of hydrogen-bond donors (Lipinski definition) is 1. The number of hydrogen-bond acceptors (Lipinski definition) is 5. The van der Waals surface area contributed by atoms with Gasteiger partial charge in [-0.15, -0.1) is 10.2 Å². The molecule has 26 heavy (non-hydrogen) atoms. The van der Waals surface area contributed by atoms with E-state index in [4.69, 9.17) is 23.2 Å². The predicted molar refractivity (Wildman–Crippen MR) is 110 cm³/mol. The van der Waals surface area contributed by atoms with Crippen molar-refractivity contribution in [1.82, 2.24) is 10.2 Å². The van der Waals surface area contributed by atoms with Crippen molar-refractivity contribution in [3.63, 3.8) is 0 Å². The van der Waals surface area contributed by atoms with Crippen LogP contribution in [0.25, 0.3) is 6.08 Å². The van der Waals surface area contributed by atoms with Gasteiger partial charge in [-0.3, -0.25) is 10.1 Å². The van der Waals surface area contributed by atoms with Crippen LogP contribution < -0.4 is 5.32 Å². The summed E-state index contributed by atoms with van der Waals surface area (Å²) in [7, 11) is 0. The van der Waals surface area contributed by atoms with Crippen LogP contribution in [0.15, 0.2) is 58.9 Å². The standard InChI is InChI=1S/C18H13Cl2N3OS2/c19-14-8-7-13(15(20)10-14)11-25-18-23-22-17(26-18)21-16(24)9-6-12-4-2-1-3-5-12/h1-10H,11H2,(H,21,22,24). The second kappa shape index (κ2) is 9.19. The number of carbonyl (C=O) groups excluding carboxylic acids is 1. The SMILES string of the molecule is O=C(C=Cc1ccccc1)Nc1nnc(SCc2ccc(Cl)cc2Cl)s1. The molecule has 1 N–H and O–H groups in total. The van der Waals surface area contributed by atoms with Gasteiger partial charge in [0, 0.05) is 21.9 Å². The highest BCUT2D eigenvalue weighted by atomic mass is 35.5. The lowest BCUT2D eigenvalue weighted by molar-refractivity contribution is -0.111. The van der Waals surface area contributed by atoms with Gasteiger partial charge in [0.15, 0.2) is 4.34 Å². The van der Waals surface area contributed by atoms with E-state index in [1.54, 1.807) is 18.2 Å². The Morgan fingerprint density at radius 2 is 1.96 bits per heavy atom. The van der Waals surface area contributed by atoms with Crippen LogP contribution in [0.4, 0.5) is 5.13 Å². The molecule has 3 aromatic rings. The molecule has 132 valence electrons. The molecule has 2 aromatic carbocycles. The van der Waals surface area contributed by atoms with Gasteiger partial charge in [-0.25, -0.2) is 0 Å². The Kier molecular flexibility index (Phi) is 6.68. The molecule has 0 atom stereocenters. The summed E-state index contributed by atoms with van der Waals surface area (Å²) in [4.78, 5) is 12.0. The lowest BCUT2D eigenvalue weighted by Crippen LogP contribution is -2.07. The predicted octanol–water partition coefficient (Wildman–Crippen LogP) is 5.79. The minimum absolute atomic E-state index is 0.248. The molecule has 0 bridgehead atoms. The minimum atomic E-state index is -0.248. The summed E-state index contributed by atoms with van der Waals surface area (Å²) in [6, 6.07) is 15.0. The molecule has 3 rings (SSSR count). The van der Waals surface area contributed by atoms with Gasteiger partial charge in [0.25, 0.3) is 0 Å². The summed E-state index contributed by atoms with van der Waals surface area (Å²) in [6.07, 6.45) is 3.21. The molecule has 0 spiro atoms. The quantitative estimate of drug-likeness (QED) is 0.310. The number of aromatic nitrogens is 2. The maximum Gasteiger partial charge on any atom is 0.250 e. The van der Waals surface area contributed by atoms with E-state index < -0.39 is 0 Å². The van der Waals surface area contributed by atoms with Crippen molar-refractivity contribution in [2.24, 2.45) is 0 Å². The Labute approximate surface area is 169 Å². The second-order valence-electron chi connectivity index (χ2n) is 5.13. The summed E-state index contributed by atoms with van der Waals surface area (Å²) < 4.78 is 0.748. The van der Waals surface area contributed by atoms with Crippen LogP contribution in [0.3, 0.4) is 0 Å². The van der Waals surface area contributed by atoms with Crippen LogP contribution in [-0.4, -0.2) is 16.1 Å². The van der Waals surface area contributed by atoms with Crippen LogP contribution >= 0.6 is 46.3 Å². The average Bonchev–Trinajstić information content (AvgIpc) is 3.07. The highest BCUT2D eigenvalue weighted by Gasteiger charge is 2.09. The highest BCUT2D eigenvalue weighted by Crippen LogP contribution is 2.31. The molecule has 1 aromatic heterocycles. The van der Waals surface area contributed by atoms with Crippen molar-refractivity contribution in [3.8, 4) is 0 Å². The molecular weight excluding hydrogens is 409 g/mol. The molecule has 4 nitrogen and oxygen atoms in total. The molecule has 0 saturated heterocycles. The van der Waals surface area contributed by atoms with Gasteiger partial charge in [-0.2, -0.15) is 0 Å². The minimum Gasteiger partial charge on any atom is -0.297 e. The number of carbonyl (C=O) groups is 1. The lowest BCUT2D eigenvalue weighted by atomic mass is 10.2. The van der Waals surface area contributed by atoms with E-state index in [1.165, 1.54) is 29.2 Å². The molecule has 0 unspecified atom stereocenters. The summed E-state index contributed by atoms with van der Waals surface area (Å²) in [5.41, 5.74) is 1.92. The molecule has 0 radical (unpaired) electrons. The highest BCUT2D eigenvalue weighted by molar-refractivity contribution is 8.00. The fourth-order valence-electron chi connectivity index (χ4n) is 1.98. The fourth-order valence-corrected chi connectivity index (χ4v) is 4.29. The molecule has 0 fully saturated rings. The maximum atomic E-state index is 12.0. The van der Waals surface area contributed by atoms with Crippen molar-refractivity contribution in [2.75, 3.05) is 5.32 Å². The molecular formula is C18H13Cl2N3OS2. The summed E-state index contributed by atoms with van der Waals surface area (Å²) in [6.45, 7) is 0. The molecule has 1 heterocycles. The zero-order valence-corrected chi connectivity index (χ0v) is 16.5. The zero-order valence-electron chi connectivity index (χ0n) is 13.4. The van der Waals surface area contributed by atoms with Crippen LogP contribution in [0.2, 0.25) is 10.0 Å². The van der Waals surface area contributed by atoms with Crippen LogP contribution in [0.5, 0.6) is 0 Å². The Morgan fingerprint density at radius 1 is 1.15 bits per heavy atom. The third kappa shape index (κ3) is 5.57. The fraction of sp³-hybridized carbons (Fsp3) is 0.0556. The zero-order chi connectivity index (χ0) is 18.4. The van der Waals surface area contributed by atoms with Crippen molar-refractivity contribution >= 4 is 63.4 Å². The molecule has 0 aliphatic heterocycles.